The van der Waals surface area contributed by atoms with Crippen LogP contribution in [0.25, 0.3) is 0 Å². The molecule has 0 saturated carbocycles. The second-order valence-corrected chi connectivity index (χ2v) is 3.32. The minimum Gasteiger partial charge on any atom is -0.366 e. The molecule has 0 aromatic rings. The van der Waals surface area contributed by atoms with E-state index in [0.717, 1.165) is 12.5 Å². The molecule has 62 valence electrons. The van der Waals surface area contributed by atoms with E-state index in [1.807, 2.05) is 0 Å². The van der Waals surface area contributed by atoms with Crippen LogP contribution < -0.4 is 5.32 Å². The third kappa shape index (κ3) is 1.27. The normalized spacial score (nSPS) is 35.9. The molecule has 2 heterocycles. The molecule has 1 N–H and O–H groups in total. The fraction of sp³-hybridized carbons (Fsp3) is 0.778. The van der Waals surface area contributed by atoms with E-state index in [9.17, 15) is 0 Å². The molecule has 2 aliphatic heterocycles. The molecule has 0 aromatic carbocycles. The topological polar surface area (TPSA) is 21.3 Å². The number of fused-ring (bicyclic) bond motifs is 2. The molecule has 1 fully saturated rings. The Balaban J connectivity index is 2.11. The van der Waals surface area contributed by atoms with Gasteiger partial charge in [0.1, 0.15) is 6.23 Å². The van der Waals surface area contributed by atoms with Crippen LogP contribution in [0, 0.1) is 5.92 Å². The van der Waals surface area contributed by atoms with Gasteiger partial charge in [-0.1, -0.05) is 12.5 Å². The van der Waals surface area contributed by atoms with Crippen molar-refractivity contribution in [2.75, 3.05) is 6.61 Å². The van der Waals surface area contributed by atoms with Gasteiger partial charge in [-0.25, -0.2) is 0 Å². The van der Waals surface area contributed by atoms with Crippen LogP contribution >= 0.6 is 0 Å². The van der Waals surface area contributed by atoms with Gasteiger partial charge in [0.25, 0.3) is 0 Å². The minimum atomic E-state index is 0.309. The molecule has 2 heteroatoms. The van der Waals surface area contributed by atoms with E-state index in [0.29, 0.717) is 6.23 Å². The molecule has 0 unspecified atom stereocenters. The Morgan fingerprint density at radius 1 is 1.73 bits per heavy atom. The predicted octanol–water partition coefficient (Wildman–Crippen LogP) is 1.64. The molecule has 11 heavy (non-hydrogen) atoms. The molecule has 0 aliphatic carbocycles. The van der Waals surface area contributed by atoms with Crippen LogP contribution in [-0.2, 0) is 4.74 Å². The van der Waals surface area contributed by atoms with Gasteiger partial charge in [0.05, 0.1) is 0 Å². The zero-order valence-corrected chi connectivity index (χ0v) is 6.97. The first-order valence-corrected chi connectivity index (χ1v) is 4.46. The van der Waals surface area contributed by atoms with E-state index >= 15 is 0 Å². The van der Waals surface area contributed by atoms with Gasteiger partial charge in [0, 0.05) is 6.61 Å². The van der Waals surface area contributed by atoms with Crippen molar-refractivity contribution >= 4 is 0 Å². The summed E-state index contributed by atoms with van der Waals surface area (Å²) in [6.07, 6.45) is 6.05. The van der Waals surface area contributed by atoms with Crippen molar-refractivity contribution in [3.8, 4) is 0 Å². The van der Waals surface area contributed by atoms with Crippen molar-refractivity contribution < 1.29 is 4.74 Å². The van der Waals surface area contributed by atoms with Crippen LogP contribution in [0.3, 0.4) is 0 Å². The summed E-state index contributed by atoms with van der Waals surface area (Å²) in [5.41, 5.74) is 1.57. The summed E-state index contributed by atoms with van der Waals surface area (Å²) in [7, 11) is 0. The predicted molar refractivity (Wildman–Crippen MR) is 44.0 cm³/mol. The minimum absolute atomic E-state index is 0.309. The van der Waals surface area contributed by atoms with Crippen LogP contribution in [0.5, 0.6) is 0 Å². The first-order valence-electron chi connectivity index (χ1n) is 4.46. The lowest BCUT2D eigenvalue weighted by molar-refractivity contribution is -0.0212. The van der Waals surface area contributed by atoms with Crippen molar-refractivity contribution in [1.82, 2.24) is 5.32 Å². The van der Waals surface area contributed by atoms with E-state index in [4.69, 9.17) is 4.74 Å². The number of ether oxygens (including phenoxy) is 1. The largest absolute Gasteiger partial charge is 0.366 e. The smallest absolute Gasteiger partial charge is 0.127 e. The van der Waals surface area contributed by atoms with Gasteiger partial charge in [-0.2, -0.15) is 0 Å². The summed E-state index contributed by atoms with van der Waals surface area (Å²) in [4.78, 5) is 0. The summed E-state index contributed by atoms with van der Waals surface area (Å²) in [6, 6.07) is 0. The molecular weight excluding hydrogens is 138 g/mol. The second-order valence-electron chi connectivity index (χ2n) is 3.32. The number of allylic oxidation sites excluding steroid dienone is 1. The number of hydrogen-bond donors (Lipinski definition) is 1. The Labute approximate surface area is 67.6 Å². The Hall–Kier alpha value is -0.500. The highest BCUT2D eigenvalue weighted by molar-refractivity contribution is 5.10. The number of rotatable bonds is 1. The van der Waals surface area contributed by atoms with Crippen LogP contribution in [-0.4, -0.2) is 12.8 Å². The van der Waals surface area contributed by atoms with Crippen LogP contribution in [0.4, 0.5) is 0 Å². The fourth-order valence-corrected chi connectivity index (χ4v) is 1.96. The van der Waals surface area contributed by atoms with E-state index in [2.05, 4.69) is 18.4 Å². The van der Waals surface area contributed by atoms with Gasteiger partial charge in [-0.05, 0) is 31.4 Å². The van der Waals surface area contributed by atoms with Crippen LogP contribution in [0.1, 0.15) is 26.2 Å². The maximum atomic E-state index is 5.49. The highest BCUT2D eigenvalue weighted by atomic mass is 16.5. The van der Waals surface area contributed by atoms with Gasteiger partial charge in [0.2, 0.25) is 0 Å². The van der Waals surface area contributed by atoms with Crippen molar-refractivity contribution in [3.63, 3.8) is 0 Å². The van der Waals surface area contributed by atoms with Crippen molar-refractivity contribution in [3.05, 3.63) is 11.8 Å². The average Bonchev–Trinajstić information content (AvgIpc) is 2.06. The molecule has 0 amide bonds. The summed E-state index contributed by atoms with van der Waals surface area (Å²) in [6.45, 7) is 3.16. The Morgan fingerprint density at radius 2 is 2.64 bits per heavy atom. The molecule has 0 radical (unpaired) electrons. The van der Waals surface area contributed by atoms with E-state index in [-0.39, 0.29) is 0 Å². The number of hydrogen-bond acceptors (Lipinski definition) is 2. The highest BCUT2D eigenvalue weighted by Crippen LogP contribution is 2.30. The summed E-state index contributed by atoms with van der Waals surface area (Å²) in [5.74, 6) is 0.806. The van der Waals surface area contributed by atoms with Gasteiger partial charge in [-0.15, -0.1) is 0 Å². The molecule has 2 rings (SSSR count). The average molecular weight is 153 g/mol. The van der Waals surface area contributed by atoms with Crippen molar-refractivity contribution in [2.45, 2.75) is 32.4 Å². The Morgan fingerprint density at radius 3 is 3.45 bits per heavy atom. The maximum Gasteiger partial charge on any atom is 0.127 e. The van der Waals surface area contributed by atoms with Gasteiger partial charge in [-0.3, -0.25) is 0 Å². The molecule has 1 saturated heterocycles. The number of nitrogens with one attached hydrogen (secondary N) is 1. The highest BCUT2D eigenvalue weighted by Gasteiger charge is 2.27. The van der Waals surface area contributed by atoms with Crippen molar-refractivity contribution in [1.29, 1.82) is 0 Å². The van der Waals surface area contributed by atoms with E-state index in [1.165, 1.54) is 19.3 Å². The lowest BCUT2D eigenvalue weighted by atomic mass is 9.87. The molecule has 2 aliphatic rings. The first kappa shape index (κ1) is 7.17. The Kier molecular flexibility index (Phi) is 1.86. The third-order valence-electron chi connectivity index (χ3n) is 2.67. The van der Waals surface area contributed by atoms with Gasteiger partial charge < -0.3 is 10.1 Å². The Bertz CT molecular complexity index is 176. The lowest BCUT2D eigenvalue weighted by Gasteiger charge is -2.35. The van der Waals surface area contributed by atoms with Gasteiger partial charge in [0.15, 0.2) is 0 Å². The molecule has 2 nitrogen and oxygen atoms in total. The standard InChI is InChI=1S/C9H15NO/c1-2-7-6-10-9-5-8(7)3-4-11-9/h6,8-10H,2-5H2,1H3/t8-,9+/m0/s1. The summed E-state index contributed by atoms with van der Waals surface area (Å²) < 4.78 is 5.49. The monoisotopic (exact) mass is 153 g/mol. The first-order chi connectivity index (χ1) is 5.40. The van der Waals surface area contributed by atoms with E-state index < -0.39 is 0 Å². The molecule has 2 atom stereocenters. The third-order valence-corrected chi connectivity index (χ3v) is 2.67. The maximum absolute atomic E-state index is 5.49. The van der Waals surface area contributed by atoms with Gasteiger partial charge >= 0.3 is 0 Å². The molecule has 0 spiro atoms. The SMILES string of the molecule is CCC1=CN[C@H]2C[C@@H]1CCO2. The molecule has 2 bridgehead atoms. The lowest BCUT2D eigenvalue weighted by Crippen LogP contribution is -2.39. The van der Waals surface area contributed by atoms with E-state index in [1.54, 1.807) is 5.57 Å². The summed E-state index contributed by atoms with van der Waals surface area (Å²) in [5, 5.41) is 3.27. The molecular formula is C9H15NO. The zero-order valence-electron chi connectivity index (χ0n) is 6.97. The fourth-order valence-electron chi connectivity index (χ4n) is 1.96. The quantitative estimate of drug-likeness (QED) is 0.618. The van der Waals surface area contributed by atoms with Crippen LogP contribution in [0.15, 0.2) is 11.8 Å². The summed E-state index contributed by atoms with van der Waals surface area (Å²) >= 11 is 0. The van der Waals surface area contributed by atoms with Crippen LogP contribution in [0.2, 0.25) is 0 Å². The van der Waals surface area contributed by atoms with Crippen molar-refractivity contribution in [2.24, 2.45) is 5.92 Å². The second kappa shape index (κ2) is 2.86. The zero-order chi connectivity index (χ0) is 7.68. The molecule has 0 aromatic heterocycles.